The summed E-state index contributed by atoms with van der Waals surface area (Å²) in [4.78, 5) is 17.4. The van der Waals surface area contributed by atoms with E-state index >= 15 is 0 Å². The highest BCUT2D eigenvalue weighted by molar-refractivity contribution is 6.28. The van der Waals surface area contributed by atoms with Gasteiger partial charge in [-0.05, 0) is 11.6 Å². The maximum Gasteiger partial charge on any atom is 0.274 e. The molecule has 0 aliphatic rings. The molecule has 1 aromatic carbocycles. The average Bonchev–Trinajstić information content (AvgIpc) is 2.40. The summed E-state index contributed by atoms with van der Waals surface area (Å²) in [6, 6.07) is 6.17. The van der Waals surface area contributed by atoms with Crippen LogP contribution in [0.5, 0.6) is 0 Å². The molecule has 0 atom stereocenters. The lowest BCUT2D eigenvalue weighted by Gasteiger charge is -2.07. The molecule has 2 rings (SSSR count). The zero-order chi connectivity index (χ0) is 13.8. The highest BCUT2D eigenvalue weighted by atomic mass is 35.5. The summed E-state index contributed by atoms with van der Waals surface area (Å²) in [6.45, 7) is 0.0570. The van der Waals surface area contributed by atoms with Gasteiger partial charge in [0.2, 0.25) is 5.28 Å². The van der Waals surface area contributed by atoms with Crippen LogP contribution in [-0.4, -0.2) is 14.9 Å². The molecule has 0 aliphatic carbocycles. The van der Waals surface area contributed by atoms with Crippen LogP contribution in [-0.2, 0) is 6.54 Å². The number of hydrogen-bond acceptors (Lipinski definition) is 5. The van der Waals surface area contributed by atoms with E-state index in [0.717, 1.165) is 6.20 Å². The number of para-hydroxylation sites is 1. The summed E-state index contributed by atoms with van der Waals surface area (Å²) in [7, 11) is 0. The number of hydrogen-bond donors (Lipinski definition) is 1. The first-order chi connectivity index (χ1) is 9.08. The predicted octanol–water partition coefficient (Wildman–Crippen LogP) is 2.79. The molecule has 98 valence electrons. The number of nitro groups is 1. The van der Waals surface area contributed by atoms with Crippen molar-refractivity contribution < 1.29 is 9.31 Å². The Labute approximate surface area is 112 Å². The minimum Gasteiger partial charge on any atom is -0.363 e. The third-order valence-corrected chi connectivity index (χ3v) is 2.53. The van der Waals surface area contributed by atoms with Gasteiger partial charge in [0.25, 0.3) is 5.69 Å². The van der Waals surface area contributed by atoms with Crippen LogP contribution in [0.1, 0.15) is 5.56 Å². The molecule has 6 nitrogen and oxygen atoms in total. The van der Waals surface area contributed by atoms with E-state index in [1.165, 1.54) is 6.07 Å². The number of halogens is 2. The highest BCUT2D eigenvalue weighted by Crippen LogP contribution is 2.19. The van der Waals surface area contributed by atoms with Gasteiger partial charge >= 0.3 is 0 Å². The normalized spacial score (nSPS) is 10.2. The number of benzene rings is 1. The Morgan fingerprint density at radius 3 is 2.89 bits per heavy atom. The minimum atomic E-state index is -0.678. The van der Waals surface area contributed by atoms with Crippen molar-refractivity contribution >= 4 is 23.1 Å². The second kappa shape index (κ2) is 5.57. The first-order valence-corrected chi connectivity index (χ1v) is 5.60. The molecule has 0 amide bonds. The van der Waals surface area contributed by atoms with Gasteiger partial charge in [-0.15, -0.1) is 0 Å². The van der Waals surface area contributed by atoms with Gasteiger partial charge in [-0.3, -0.25) is 10.1 Å². The zero-order valence-electron chi connectivity index (χ0n) is 9.51. The molecule has 1 heterocycles. The predicted molar refractivity (Wildman–Crippen MR) is 67.4 cm³/mol. The molecule has 0 aliphatic heterocycles. The molecule has 1 aromatic heterocycles. The molecule has 8 heteroatoms. The van der Waals surface area contributed by atoms with Crippen LogP contribution >= 0.6 is 11.6 Å². The first-order valence-electron chi connectivity index (χ1n) is 5.22. The number of rotatable bonds is 4. The Morgan fingerprint density at radius 2 is 2.16 bits per heavy atom. The lowest BCUT2D eigenvalue weighted by Crippen LogP contribution is -2.06. The highest BCUT2D eigenvalue weighted by Gasteiger charge is 2.13. The van der Waals surface area contributed by atoms with Crippen LogP contribution in [0, 0.1) is 15.9 Å². The molecule has 1 N–H and O–H groups in total. The lowest BCUT2D eigenvalue weighted by atomic mass is 10.2. The van der Waals surface area contributed by atoms with Crippen LogP contribution in [0.2, 0.25) is 5.28 Å². The largest absolute Gasteiger partial charge is 0.363 e. The third-order valence-electron chi connectivity index (χ3n) is 2.35. The quantitative estimate of drug-likeness (QED) is 0.530. The molecule has 0 saturated carbocycles. The summed E-state index contributed by atoms with van der Waals surface area (Å²) in [5, 5.41) is 13.4. The third kappa shape index (κ3) is 3.14. The Morgan fingerprint density at radius 1 is 1.42 bits per heavy atom. The molecule has 0 unspecified atom stereocenters. The van der Waals surface area contributed by atoms with E-state index in [1.807, 2.05) is 0 Å². The van der Waals surface area contributed by atoms with Crippen molar-refractivity contribution in [3.05, 3.63) is 57.2 Å². The van der Waals surface area contributed by atoms with E-state index < -0.39 is 10.7 Å². The smallest absolute Gasteiger partial charge is 0.274 e. The van der Waals surface area contributed by atoms with Gasteiger partial charge in [0.15, 0.2) is 11.6 Å². The molecule has 2 aromatic rings. The van der Waals surface area contributed by atoms with Crippen molar-refractivity contribution in [3.8, 4) is 0 Å². The maximum atomic E-state index is 13.4. The van der Waals surface area contributed by atoms with Crippen LogP contribution in [0.3, 0.4) is 0 Å². The summed E-state index contributed by atoms with van der Waals surface area (Å²) in [6.07, 6.45) is 0.928. The van der Waals surface area contributed by atoms with Crippen molar-refractivity contribution in [1.29, 1.82) is 0 Å². The maximum absolute atomic E-state index is 13.4. The Balaban J connectivity index is 2.19. The molecule has 19 heavy (non-hydrogen) atoms. The Hall–Kier alpha value is -2.28. The van der Waals surface area contributed by atoms with Crippen molar-refractivity contribution in [2.45, 2.75) is 6.54 Å². The van der Waals surface area contributed by atoms with Crippen LogP contribution in [0.4, 0.5) is 15.9 Å². The topological polar surface area (TPSA) is 81.0 Å². The van der Waals surface area contributed by atoms with Gasteiger partial charge < -0.3 is 5.32 Å². The SMILES string of the molecule is O=[N+]([O-])c1ccccc1CNc1nc(Cl)ncc1F. The summed E-state index contributed by atoms with van der Waals surface area (Å²) in [5.74, 6) is -0.777. The monoisotopic (exact) mass is 282 g/mol. The summed E-state index contributed by atoms with van der Waals surface area (Å²) < 4.78 is 13.4. The molecule has 0 radical (unpaired) electrons. The van der Waals surface area contributed by atoms with Crippen LogP contribution in [0.15, 0.2) is 30.5 Å². The number of anilines is 1. The van der Waals surface area contributed by atoms with E-state index in [4.69, 9.17) is 11.6 Å². The number of nitrogens with zero attached hydrogens (tertiary/aromatic N) is 3. The summed E-state index contributed by atoms with van der Waals surface area (Å²) >= 11 is 5.54. The van der Waals surface area contributed by atoms with E-state index in [-0.39, 0.29) is 23.3 Å². The van der Waals surface area contributed by atoms with Crippen molar-refractivity contribution in [2.75, 3.05) is 5.32 Å². The van der Waals surface area contributed by atoms with E-state index in [1.54, 1.807) is 18.2 Å². The van der Waals surface area contributed by atoms with Crippen molar-refractivity contribution in [2.24, 2.45) is 0 Å². The van der Waals surface area contributed by atoms with E-state index in [2.05, 4.69) is 15.3 Å². The number of nitrogens with one attached hydrogen (secondary N) is 1. The van der Waals surface area contributed by atoms with E-state index in [9.17, 15) is 14.5 Å². The molecule has 0 spiro atoms. The number of aromatic nitrogens is 2. The van der Waals surface area contributed by atoms with Crippen molar-refractivity contribution in [1.82, 2.24) is 9.97 Å². The second-order valence-electron chi connectivity index (χ2n) is 3.57. The molecule has 0 fully saturated rings. The standard InChI is InChI=1S/C11H8ClFN4O2/c12-11-15-6-8(13)10(16-11)14-5-7-3-1-2-4-9(7)17(18)19/h1-4,6H,5H2,(H,14,15,16). The van der Waals surface area contributed by atoms with Gasteiger partial charge in [-0.1, -0.05) is 18.2 Å². The van der Waals surface area contributed by atoms with E-state index in [0.29, 0.717) is 5.56 Å². The second-order valence-corrected chi connectivity index (χ2v) is 3.91. The summed E-state index contributed by atoms with van der Waals surface area (Å²) in [5.41, 5.74) is 0.372. The molecular weight excluding hydrogens is 275 g/mol. The molecular formula is C11H8ClFN4O2. The average molecular weight is 283 g/mol. The lowest BCUT2D eigenvalue weighted by molar-refractivity contribution is -0.385. The fraction of sp³-hybridized carbons (Fsp3) is 0.0909. The van der Waals surface area contributed by atoms with Crippen LogP contribution < -0.4 is 5.32 Å². The Bertz CT molecular complexity index is 623. The fourth-order valence-corrected chi connectivity index (χ4v) is 1.62. The van der Waals surface area contributed by atoms with Gasteiger partial charge in [-0.25, -0.2) is 9.37 Å². The van der Waals surface area contributed by atoms with Gasteiger partial charge in [0.05, 0.1) is 11.1 Å². The zero-order valence-corrected chi connectivity index (χ0v) is 10.3. The Kier molecular flexibility index (Phi) is 3.86. The van der Waals surface area contributed by atoms with Gasteiger partial charge in [0.1, 0.15) is 0 Å². The van der Waals surface area contributed by atoms with Gasteiger partial charge in [0, 0.05) is 18.2 Å². The molecule has 0 bridgehead atoms. The van der Waals surface area contributed by atoms with Crippen LogP contribution in [0.25, 0.3) is 0 Å². The van der Waals surface area contributed by atoms with Gasteiger partial charge in [-0.2, -0.15) is 4.98 Å². The fourth-order valence-electron chi connectivity index (χ4n) is 1.49. The van der Waals surface area contributed by atoms with Crippen molar-refractivity contribution in [3.63, 3.8) is 0 Å². The minimum absolute atomic E-state index is 0.0458. The number of nitro benzene ring substituents is 1. The molecule has 0 saturated heterocycles. The first kappa shape index (κ1) is 13.2.